The third-order valence-corrected chi connectivity index (χ3v) is 3.23. The van der Waals surface area contributed by atoms with Crippen LogP contribution in [-0.4, -0.2) is 16.1 Å². The smallest absolute Gasteiger partial charge is 0.306 e. The summed E-state index contributed by atoms with van der Waals surface area (Å²) in [6, 6.07) is 3.98. The first kappa shape index (κ1) is 10.1. The van der Waals surface area contributed by atoms with E-state index in [1.54, 1.807) is 13.1 Å². The van der Waals surface area contributed by atoms with Gasteiger partial charge in [-0.25, -0.2) is 0 Å². The molecule has 0 saturated carbocycles. The maximum atomic E-state index is 11.0. The Morgan fingerprint density at radius 3 is 3.20 bits per heavy atom. The second kappa shape index (κ2) is 4.01. The van der Waals surface area contributed by atoms with Gasteiger partial charge in [-0.1, -0.05) is 13.0 Å². The number of nitrogens with zero attached hydrogens (tertiary/aromatic N) is 1. The van der Waals surface area contributed by atoms with E-state index in [9.17, 15) is 4.79 Å². The van der Waals surface area contributed by atoms with Crippen molar-refractivity contribution in [1.82, 2.24) is 4.98 Å². The molecule has 1 unspecified atom stereocenters. The van der Waals surface area contributed by atoms with Crippen molar-refractivity contribution in [3.05, 3.63) is 29.6 Å². The van der Waals surface area contributed by atoms with Crippen molar-refractivity contribution in [3.63, 3.8) is 0 Å². The zero-order valence-electron chi connectivity index (χ0n) is 8.81. The monoisotopic (exact) mass is 205 g/mol. The first-order chi connectivity index (χ1) is 7.20. The maximum absolute atomic E-state index is 11.0. The van der Waals surface area contributed by atoms with E-state index >= 15 is 0 Å². The second-order valence-electron chi connectivity index (χ2n) is 4.17. The van der Waals surface area contributed by atoms with Crippen LogP contribution in [0.1, 0.15) is 36.9 Å². The van der Waals surface area contributed by atoms with Crippen LogP contribution in [0.25, 0.3) is 0 Å². The average molecular weight is 205 g/mol. The molecule has 1 aromatic rings. The van der Waals surface area contributed by atoms with Gasteiger partial charge >= 0.3 is 5.97 Å². The van der Waals surface area contributed by atoms with Gasteiger partial charge in [0.15, 0.2) is 0 Å². The second-order valence-corrected chi connectivity index (χ2v) is 4.17. The molecule has 1 heterocycles. The summed E-state index contributed by atoms with van der Waals surface area (Å²) in [7, 11) is 0. The zero-order chi connectivity index (χ0) is 10.8. The zero-order valence-corrected chi connectivity index (χ0v) is 8.81. The third kappa shape index (κ3) is 1.87. The molecule has 0 aliphatic heterocycles. The van der Waals surface area contributed by atoms with Gasteiger partial charge < -0.3 is 5.11 Å². The van der Waals surface area contributed by atoms with Gasteiger partial charge in [0.1, 0.15) is 0 Å². The van der Waals surface area contributed by atoms with Crippen molar-refractivity contribution < 1.29 is 9.90 Å². The van der Waals surface area contributed by atoms with Gasteiger partial charge in [-0.2, -0.15) is 0 Å². The van der Waals surface area contributed by atoms with Crippen LogP contribution in [0.2, 0.25) is 0 Å². The van der Waals surface area contributed by atoms with E-state index in [4.69, 9.17) is 5.11 Å². The van der Waals surface area contributed by atoms with Crippen LogP contribution in [0.3, 0.4) is 0 Å². The van der Waals surface area contributed by atoms with E-state index in [1.165, 1.54) is 5.56 Å². The van der Waals surface area contributed by atoms with Crippen molar-refractivity contribution in [2.24, 2.45) is 5.92 Å². The highest BCUT2D eigenvalue weighted by atomic mass is 16.4. The molecule has 0 radical (unpaired) electrons. The molecule has 1 aliphatic rings. The Hall–Kier alpha value is -1.38. The molecule has 1 N–H and O–H groups in total. The number of aryl methyl sites for hydroxylation is 1. The number of carboxylic acid groups (broad SMARTS) is 1. The quantitative estimate of drug-likeness (QED) is 0.805. The van der Waals surface area contributed by atoms with E-state index in [2.05, 4.69) is 11.1 Å². The van der Waals surface area contributed by atoms with Crippen LogP contribution in [0.4, 0.5) is 0 Å². The number of hydrogen-bond acceptors (Lipinski definition) is 2. The van der Waals surface area contributed by atoms with Crippen LogP contribution in [0, 0.1) is 5.92 Å². The molecule has 15 heavy (non-hydrogen) atoms. The van der Waals surface area contributed by atoms with Crippen molar-refractivity contribution in [1.29, 1.82) is 0 Å². The minimum atomic E-state index is -0.724. The maximum Gasteiger partial charge on any atom is 0.306 e. The van der Waals surface area contributed by atoms with E-state index < -0.39 is 5.97 Å². The first-order valence-corrected chi connectivity index (χ1v) is 5.36. The number of carbonyl (C=O) groups is 1. The van der Waals surface area contributed by atoms with Gasteiger partial charge in [-0.15, -0.1) is 0 Å². The Labute approximate surface area is 89.2 Å². The van der Waals surface area contributed by atoms with Crippen molar-refractivity contribution in [2.45, 2.75) is 32.1 Å². The molecule has 3 nitrogen and oxygen atoms in total. The number of pyridine rings is 1. The summed E-state index contributed by atoms with van der Waals surface area (Å²) < 4.78 is 0. The average Bonchev–Trinajstić information content (AvgIpc) is 2.27. The summed E-state index contributed by atoms with van der Waals surface area (Å²) in [5.41, 5.74) is 2.22. The largest absolute Gasteiger partial charge is 0.481 e. The van der Waals surface area contributed by atoms with Crippen LogP contribution in [0.5, 0.6) is 0 Å². The lowest BCUT2D eigenvalue weighted by Crippen LogP contribution is -2.23. The fourth-order valence-corrected chi connectivity index (χ4v) is 2.30. The highest BCUT2D eigenvalue weighted by molar-refractivity contribution is 5.71. The normalized spacial score (nSPS) is 21.8. The summed E-state index contributed by atoms with van der Waals surface area (Å²) in [4.78, 5) is 15.3. The van der Waals surface area contributed by atoms with Gasteiger partial charge in [0.25, 0.3) is 0 Å². The molecule has 0 saturated heterocycles. The predicted octanol–water partition coefficient (Wildman–Crippen LogP) is 2.22. The third-order valence-electron chi connectivity index (χ3n) is 3.23. The lowest BCUT2D eigenvalue weighted by atomic mass is 9.79. The summed E-state index contributed by atoms with van der Waals surface area (Å²) >= 11 is 0. The molecule has 0 aromatic carbocycles. The Morgan fingerprint density at radius 1 is 1.67 bits per heavy atom. The van der Waals surface area contributed by atoms with E-state index in [0.29, 0.717) is 0 Å². The standard InChI is InChI=1S/C12H15NO2/c1-8(12(14)15)10-6-2-4-9-5-3-7-13-11(9)10/h3,5,7-8,10H,2,4,6H2,1H3,(H,14,15)/t8?,10-/m1/s1. The van der Waals surface area contributed by atoms with Crippen molar-refractivity contribution in [2.75, 3.05) is 0 Å². The van der Waals surface area contributed by atoms with Crippen LogP contribution in [0.15, 0.2) is 18.3 Å². The SMILES string of the molecule is CC(C(=O)O)[C@H]1CCCc2cccnc21. The number of rotatable bonds is 2. The van der Waals surface area contributed by atoms with E-state index in [1.807, 2.05) is 6.07 Å². The number of aromatic nitrogens is 1. The Bertz CT molecular complexity index is 376. The minimum Gasteiger partial charge on any atom is -0.481 e. The number of fused-ring (bicyclic) bond motifs is 1. The van der Waals surface area contributed by atoms with Crippen molar-refractivity contribution in [3.8, 4) is 0 Å². The lowest BCUT2D eigenvalue weighted by Gasteiger charge is -2.26. The lowest BCUT2D eigenvalue weighted by molar-refractivity contribution is -0.142. The molecular formula is C12H15NO2. The molecule has 2 rings (SSSR count). The molecule has 1 aromatic heterocycles. The summed E-state index contributed by atoms with van der Waals surface area (Å²) in [5.74, 6) is -0.968. The highest BCUT2D eigenvalue weighted by Crippen LogP contribution is 2.35. The van der Waals surface area contributed by atoms with Gasteiger partial charge in [0, 0.05) is 17.8 Å². The van der Waals surface area contributed by atoms with Gasteiger partial charge in [-0.3, -0.25) is 9.78 Å². The van der Waals surface area contributed by atoms with Gasteiger partial charge in [0.05, 0.1) is 5.92 Å². The molecular weight excluding hydrogens is 190 g/mol. The van der Waals surface area contributed by atoms with Crippen LogP contribution < -0.4 is 0 Å². The van der Waals surface area contributed by atoms with E-state index in [0.717, 1.165) is 25.0 Å². The van der Waals surface area contributed by atoms with Gasteiger partial charge in [-0.05, 0) is 30.9 Å². The Morgan fingerprint density at radius 2 is 2.47 bits per heavy atom. The molecule has 3 heteroatoms. The molecule has 0 bridgehead atoms. The topological polar surface area (TPSA) is 50.2 Å². The van der Waals surface area contributed by atoms with Gasteiger partial charge in [0.2, 0.25) is 0 Å². The molecule has 0 amide bonds. The fourth-order valence-electron chi connectivity index (χ4n) is 2.30. The summed E-state index contributed by atoms with van der Waals surface area (Å²) in [6.45, 7) is 1.77. The summed E-state index contributed by atoms with van der Waals surface area (Å²) in [6.07, 6.45) is 4.80. The molecule has 0 spiro atoms. The molecule has 0 fully saturated rings. The number of carboxylic acids is 1. The van der Waals surface area contributed by atoms with Crippen LogP contribution in [-0.2, 0) is 11.2 Å². The van der Waals surface area contributed by atoms with E-state index in [-0.39, 0.29) is 11.8 Å². The molecule has 80 valence electrons. The Balaban J connectivity index is 2.33. The number of hydrogen-bond donors (Lipinski definition) is 1. The molecule has 2 atom stereocenters. The summed E-state index contributed by atoms with van der Waals surface area (Å²) in [5, 5.41) is 9.03. The minimum absolute atomic E-state index is 0.0902. The highest BCUT2D eigenvalue weighted by Gasteiger charge is 2.30. The predicted molar refractivity (Wildman–Crippen MR) is 56.7 cm³/mol. The fraction of sp³-hybridized carbons (Fsp3) is 0.500. The van der Waals surface area contributed by atoms with Crippen molar-refractivity contribution >= 4 is 5.97 Å². The number of aliphatic carboxylic acids is 1. The molecule has 1 aliphatic carbocycles. The van der Waals surface area contributed by atoms with Crippen LogP contribution >= 0.6 is 0 Å². The first-order valence-electron chi connectivity index (χ1n) is 5.36. The Kier molecular flexibility index (Phi) is 2.71.